The molecular formula is C57H32N4OS. The Labute approximate surface area is 363 Å². The Morgan fingerprint density at radius 3 is 1.73 bits per heavy atom. The van der Waals surface area contributed by atoms with Gasteiger partial charge in [-0.1, -0.05) is 133 Å². The third kappa shape index (κ3) is 5.19. The van der Waals surface area contributed by atoms with Gasteiger partial charge in [0.2, 0.25) is 0 Å². The molecule has 0 aliphatic heterocycles. The lowest BCUT2D eigenvalue weighted by Gasteiger charge is -2.14. The molecule has 4 aromatic heterocycles. The molecular weight excluding hydrogens is 789 g/mol. The van der Waals surface area contributed by atoms with Gasteiger partial charge in [0.1, 0.15) is 11.2 Å². The molecule has 10 aromatic carbocycles. The summed E-state index contributed by atoms with van der Waals surface area (Å²) in [6.45, 7) is 0. The maximum Gasteiger partial charge on any atom is 0.165 e. The van der Waals surface area contributed by atoms with Crippen molar-refractivity contribution in [3.8, 4) is 39.9 Å². The fourth-order valence-corrected chi connectivity index (χ4v) is 11.1. The number of fused-ring (bicyclic) bond motifs is 13. The summed E-state index contributed by atoms with van der Waals surface area (Å²) >= 11 is 1.78. The molecule has 0 fully saturated rings. The number of thiophene rings is 1. The van der Waals surface area contributed by atoms with Crippen LogP contribution in [-0.4, -0.2) is 19.5 Å². The minimum atomic E-state index is 0.590. The number of aromatic nitrogens is 4. The zero-order chi connectivity index (χ0) is 41.2. The first-order valence-electron chi connectivity index (χ1n) is 21.2. The van der Waals surface area contributed by atoms with Crippen LogP contribution in [0.2, 0.25) is 0 Å². The summed E-state index contributed by atoms with van der Waals surface area (Å²) in [5, 5.41) is 14.0. The van der Waals surface area contributed by atoms with Crippen molar-refractivity contribution in [3.63, 3.8) is 0 Å². The summed E-state index contributed by atoms with van der Waals surface area (Å²) in [4.78, 5) is 15.9. The predicted octanol–water partition coefficient (Wildman–Crippen LogP) is 15.7. The zero-order valence-electron chi connectivity index (χ0n) is 33.6. The van der Waals surface area contributed by atoms with Crippen LogP contribution >= 0.6 is 11.3 Å². The smallest absolute Gasteiger partial charge is 0.165 e. The van der Waals surface area contributed by atoms with Crippen LogP contribution in [0.25, 0.3) is 136 Å². The Kier molecular flexibility index (Phi) is 7.21. The van der Waals surface area contributed by atoms with Crippen molar-refractivity contribution >= 4 is 108 Å². The van der Waals surface area contributed by atoms with Gasteiger partial charge in [-0.05, 0) is 93.0 Å². The van der Waals surface area contributed by atoms with Crippen molar-refractivity contribution in [1.82, 2.24) is 19.5 Å². The van der Waals surface area contributed by atoms with E-state index in [1.807, 2.05) is 30.3 Å². The van der Waals surface area contributed by atoms with Gasteiger partial charge in [0.05, 0.1) is 11.0 Å². The number of furan rings is 1. The number of rotatable bonds is 4. The normalized spacial score (nSPS) is 12.1. The summed E-state index contributed by atoms with van der Waals surface area (Å²) < 4.78 is 11.6. The molecule has 292 valence electrons. The molecule has 63 heavy (non-hydrogen) atoms. The minimum Gasteiger partial charge on any atom is -0.456 e. The molecule has 5 nitrogen and oxygen atoms in total. The molecule has 0 unspecified atom stereocenters. The van der Waals surface area contributed by atoms with Crippen molar-refractivity contribution in [1.29, 1.82) is 0 Å². The number of hydrogen-bond acceptors (Lipinski definition) is 5. The lowest BCUT2D eigenvalue weighted by atomic mass is 9.97. The predicted molar refractivity (Wildman–Crippen MR) is 263 cm³/mol. The maximum atomic E-state index is 6.73. The Morgan fingerprint density at radius 1 is 0.381 bits per heavy atom. The van der Waals surface area contributed by atoms with E-state index in [0.29, 0.717) is 17.5 Å². The van der Waals surface area contributed by atoms with Crippen LogP contribution in [-0.2, 0) is 0 Å². The van der Waals surface area contributed by atoms with Gasteiger partial charge in [0.15, 0.2) is 17.5 Å². The summed E-state index contributed by atoms with van der Waals surface area (Å²) in [7, 11) is 0. The molecule has 0 amide bonds. The lowest BCUT2D eigenvalue weighted by molar-refractivity contribution is 0.669. The number of para-hydroxylation sites is 1. The fourth-order valence-electron chi connectivity index (χ4n) is 9.87. The minimum absolute atomic E-state index is 0.590. The van der Waals surface area contributed by atoms with Crippen molar-refractivity contribution < 1.29 is 4.42 Å². The van der Waals surface area contributed by atoms with Crippen LogP contribution < -0.4 is 0 Å². The zero-order valence-corrected chi connectivity index (χ0v) is 34.4. The van der Waals surface area contributed by atoms with E-state index < -0.39 is 0 Å². The molecule has 0 saturated heterocycles. The number of hydrogen-bond donors (Lipinski definition) is 0. The van der Waals surface area contributed by atoms with Gasteiger partial charge in [-0.25, -0.2) is 15.0 Å². The summed E-state index contributed by atoms with van der Waals surface area (Å²) in [5.41, 5.74) is 7.79. The van der Waals surface area contributed by atoms with Crippen molar-refractivity contribution in [2.75, 3.05) is 0 Å². The second-order valence-corrected chi connectivity index (χ2v) is 17.4. The topological polar surface area (TPSA) is 56.7 Å². The SMILES string of the molecule is c1ccc(-c2nc(-c3cc4oc5ccccc5c4c4cc(-n5c6cc7ccccc7cc6c6cc7ccccc7cc65)ccc34)nc(-c3cccc4c3sc3ccccc34)n2)cc1. The van der Waals surface area contributed by atoms with Gasteiger partial charge in [-0.2, -0.15) is 0 Å². The average molecular weight is 821 g/mol. The first-order chi connectivity index (χ1) is 31.2. The first-order valence-corrected chi connectivity index (χ1v) is 22.0. The maximum absolute atomic E-state index is 6.73. The molecule has 6 heteroatoms. The molecule has 0 radical (unpaired) electrons. The van der Waals surface area contributed by atoms with Gasteiger partial charge in [-0.3, -0.25) is 0 Å². The number of nitrogens with zero attached hydrogens (tertiary/aromatic N) is 4. The van der Waals surface area contributed by atoms with E-state index in [-0.39, 0.29) is 0 Å². The van der Waals surface area contributed by atoms with E-state index in [0.717, 1.165) is 70.8 Å². The van der Waals surface area contributed by atoms with E-state index in [1.165, 1.54) is 47.8 Å². The van der Waals surface area contributed by atoms with E-state index in [9.17, 15) is 0 Å². The van der Waals surface area contributed by atoms with Crippen molar-refractivity contribution in [2.45, 2.75) is 0 Å². The van der Waals surface area contributed by atoms with Crippen LogP contribution in [0.5, 0.6) is 0 Å². The standard InChI is InChI=1S/C57H32N4OS/c1-2-13-33(14-3-1)55-58-56(43-22-12-21-41-40-19-9-11-24-52(40)63-54(41)43)60-57(59-55)47-32-51-53(42-20-8-10-23-50(42)62-51)46-31-38(25-26-39(46)47)61-48-29-36-17-6-4-15-34(36)27-44(48)45-28-35-16-5-7-18-37(35)30-49(45)61/h1-32H. The van der Waals surface area contributed by atoms with Crippen LogP contribution in [0, 0.1) is 0 Å². The second-order valence-electron chi connectivity index (χ2n) is 16.3. The highest BCUT2D eigenvalue weighted by Gasteiger charge is 2.22. The molecule has 0 atom stereocenters. The molecule has 0 bridgehead atoms. The fraction of sp³-hybridized carbons (Fsp3) is 0. The Morgan fingerprint density at radius 2 is 0.984 bits per heavy atom. The monoisotopic (exact) mass is 820 g/mol. The highest BCUT2D eigenvalue weighted by Crippen LogP contribution is 2.44. The Balaban J connectivity index is 1.07. The van der Waals surface area contributed by atoms with Gasteiger partial charge >= 0.3 is 0 Å². The van der Waals surface area contributed by atoms with Crippen LogP contribution in [0.3, 0.4) is 0 Å². The Bertz CT molecular complexity index is 4130. The molecule has 0 spiro atoms. The molecule has 0 N–H and O–H groups in total. The van der Waals surface area contributed by atoms with Gasteiger partial charge in [0.25, 0.3) is 0 Å². The average Bonchev–Trinajstić information content (AvgIpc) is 4.01. The lowest BCUT2D eigenvalue weighted by Crippen LogP contribution is -2.01. The quantitative estimate of drug-likeness (QED) is 0.177. The van der Waals surface area contributed by atoms with E-state index in [2.05, 4.69) is 168 Å². The molecule has 0 saturated carbocycles. The third-order valence-electron chi connectivity index (χ3n) is 12.8. The van der Waals surface area contributed by atoms with E-state index in [4.69, 9.17) is 19.4 Å². The van der Waals surface area contributed by atoms with Crippen molar-refractivity contribution in [2.24, 2.45) is 0 Å². The van der Waals surface area contributed by atoms with Crippen molar-refractivity contribution in [3.05, 3.63) is 194 Å². The summed E-state index contributed by atoms with van der Waals surface area (Å²) in [6.07, 6.45) is 0. The molecule has 0 aliphatic carbocycles. The molecule has 4 heterocycles. The summed E-state index contributed by atoms with van der Waals surface area (Å²) in [6, 6.07) is 69.2. The largest absolute Gasteiger partial charge is 0.456 e. The van der Waals surface area contributed by atoms with Gasteiger partial charge in [0, 0.05) is 64.1 Å². The highest BCUT2D eigenvalue weighted by molar-refractivity contribution is 7.26. The van der Waals surface area contributed by atoms with Gasteiger partial charge < -0.3 is 8.98 Å². The van der Waals surface area contributed by atoms with E-state index >= 15 is 0 Å². The van der Waals surface area contributed by atoms with Crippen LogP contribution in [0.4, 0.5) is 0 Å². The molecule has 0 aliphatic rings. The van der Waals surface area contributed by atoms with E-state index in [1.54, 1.807) is 11.3 Å². The Hall–Kier alpha value is -8.19. The van der Waals surface area contributed by atoms with Crippen LogP contribution in [0.15, 0.2) is 199 Å². The molecule has 14 aromatic rings. The first kappa shape index (κ1) is 34.5. The van der Waals surface area contributed by atoms with Crippen LogP contribution in [0.1, 0.15) is 0 Å². The summed E-state index contributed by atoms with van der Waals surface area (Å²) in [5.74, 6) is 1.84. The highest BCUT2D eigenvalue weighted by atomic mass is 32.1. The van der Waals surface area contributed by atoms with Gasteiger partial charge in [-0.15, -0.1) is 11.3 Å². The third-order valence-corrected chi connectivity index (χ3v) is 14.0. The second kappa shape index (κ2) is 13.2. The molecule has 14 rings (SSSR count). The number of benzene rings is 10.